The van der Waals surface area contributed by atoms with E-state index in [4.69, 9.17) is 23.2 Å². The number of rotatable bonds is 3. The lowest BCUT2D eigenvalue weighted by Gasteiger charge is -2.04. The Morgan fingerprint density at radius 1 is 0.826 bits per heavy atom. The highest BCUT2D eigenvalue weighted by molar-refractivity contribution is 6.31. The topological polar surface area (TPSA) is 82.6 Å². The lowest BCUT2D eigenvalue weighted by atomic mass is 10.3. The van der Waals surface area contributed by atoms with E-state index < -0.39 is 12.1 Å². The minimum absolute atomic E-state index is 0.532. The van der Waals surface area contributed by atoms with Crippen molar-refractivity contribution in [2.75, 3.05) is 10.6 Å². The molecule has 0 aromatic heterocycles. The Balaban J connectivity index is 1.78. The minimum atomic E-state index is -0.626. The molecule has 0 fully saturated rings. The molecule has 2 aromatic rings. The Kier molecular flexibility index (Phi) is 5.96. The molecular weight excluding hydrogens is 339 g/mol. The highest BCUT2D eigenvalue weighted by Gasteiger charge is 2.01. The summed E-state index contributed by atoms with van der Waals surface area (Å²) < 4.78 is 0. The maximum Gasteiger partial charge on any atom is 0.346 e. The van der Waals surface area contributed by atoms with E-state index in [0.29, 0.717) is 21.4 Å². The number of hydrogen-bond donors (Lipinski definition) is 3. The fourth-order valence-corrected chi connectivity index (χ4v) is 1.79. The van der Waals surface area contributed by atoms with E-state index in [-0.39, 0.29) is 0 Å². The van der Waals surface area contributed by atoms with Crippen LogP contribution in [0.4, 0.5) is 21.0 Å². The van der Waals surface area contributed by atoms with Gasteiger partial charge in [0.15, 0.2) is 0 Å². The van der Waals surface area contributed by atoms with Crippen LogP contribution in [0.15, 0.2) is 53.5 Å². The molecule has 0 spiro atoms. The predicted molar refractivity (Wildman–Crippen MR) is 92.6 cm³/mol. The third kappa shape index (κ3) is 5.98. The zero-order chi connectivity index (χ0) is 16.7. The van der Waals surface area contributed by atoms with Gasteiger partial charge in [0, 0.05) is 21.4 Å². The summed E-state index contributed by atoms with van der Waals surface area (Å²) in [5.41, 5.74) is 1.10. The first-order chi connectivity index (χ1) is 11.0. The normalized spacial score (nSPS) is 10.3. The van der Waals surface area contributed by atoms with Gasteiger partial charge in [-0.25, -0.2) is 9.59 Å². The van der Waals surface area contributed by atoms with Crippen LogP contribution in [-0.2, 0) is 0 Å². The van der Waals surface area contributed by atoms with Gasteiger partial charge in [0.25, 0.3) is 0 Å². The van der Waals surface area contributed by atoms with Gasteiger partial charge in [0.1, 0.15) is 6.34 Å². The van der Waals surface area contributed by atoms with Gasteiger partial charge in [-0.1, -0.05) is 23.2 Å². The van der Waals surface area contributed by atoms with Crippen LogP contribution in [0.1, 0.15) is 0 Å². The van der Waals surface area contributed by atoms with E-state index in [1.807, 2.05) is 0 Å². The van der Waals surface area contributed by atoms with Gasteiger partial charge in [-0.05, 0) is 48.5 Å². The molecule has 0 radical (unpaired) electrons. The van der Waals surface area contributed by atoms with Gasteiger partial charge in [-0.15, -0.1) is 0 Å². The van der Waals surface area contributed by atoms with Gasteiger partial charge in [-0.2, -0.15) is 4.99 Å². The van der Waals surface area contributed by atoms with Gasteiger partial charge >= 0.3 is 12.1 Å². The number of carbonyl (C=O) groups excluding carboxylic acids is 2. The first-order valence-electron chi connectivity index (χ1n) is 6.45. The second-order valence-electron chi connectivity index (χ2n) is 4.30. The van der Waals surface area contributed by atoms with E-state index >= 15 is 0 Å². The summed E-state index contributed by atoms with van der Waals surface area (Å²) in [5, 5.41) is 8.51. The van der Waals surface area contributed by atoms with Crippen LogP contribution in [0.3, 0.4) is 0 Å². The summed E-state index contributed by atoms with van der Waals surface area (Å²) in [7, 11) is 0. The van der Waals surface area contributed by atoms with Crippen molar-refractivity contribution in [1.82, 2.24) is 5.32 Å². The van der Waals surface area contributed by atoms with Crippen LogP contribution in [0, 0.1) is 0 Å². The lowest BCUT2D eigenvalue weighted by molar-refractivity contribution is 0.256. The largest absolute Gasteiger partial charge is 0.346 e. The highest BCUT2D eigenvalue weighted by atomic mass is 35.5. The number of halogens is 2. The summed E-state index contributed by atoms with van der Waals surface area (Å²) in [4.78, 5) is 26.7. The van der Waals surface area contributed by atoms with E-state index in [0.717, 1.165) is 6.34 Å². The van der Waals surface area contributed by atoms with Crippen LogP contribution in [0.25, 0.3) is 0 Å². The SMILES string of the molecule is O=C(N=CNC(=O)Nc1ccc(Cl)cc1)Nc1ccc(Cl)cc1. The zero-order valence-electron chi connectivity index (χ0n) is 11.7. The third-order valence-electron chi connectivity index (χ3n) is 2.58. The Morgan fingerprint density at radius 3 is 1.83 bits per heavy atom. The number of carbonyl (C=O) groups is 2. The van der Waals surface area contributed by atoms with Crippen molar-refractivity contribution in [2.45, 2.75) is 0 Å². The molecule has 0 bridgehead atoms. The highest BCUT2D eigenvalue weighted by Crippen LogP contribution is 2.14. The molecule has 0 saturated carbocycles. The molecule has 23 heavy (non-hydrogen) atoms. The Bertz CT molecular complexity index is 715. The molecule has 0 unspecified atom stereocenters. The first-order valence-corrected chi connectivity index (χ1v) is 7.21. The van der Waals surface area contributed by atoms with Gasteiger partial charge in [-0.3, -0.25) is 5.32 Å². The maximum atomic E-state index is 11.6. The first kappa shape index (κ1) is 16.8. The van der Waals surface area contributed by atoms with Crippen LogP contribution < -0.4 is 16.0 Å². The van der Waals surface area contributed by atoms with Crippen molar-refractivity contribution in [3.8, 4) is 0 Å². The number of nitrogens with one attached hydrogen (secondary N) is 3. The van der Waals surface area contributed by atoms with E-state index in [2.05, 4.69) is 20.9 Å². The zero-order valence-corrected chi connectivity index (χ0v) is 13.2. The summed E-state index contributed by atoms with van der Waals surface area (Å²) in [6, 6.07) is 12.0. The van der Waals surface area contributed by atoms with Crippen molar-refractivity contribution in [3.05, 3.63) is 58.6 Å². The molecule has 8 heteroatoms. The average molecular weight is 351 g/mol. The van der Waals surface area contributed by atoms with Gasteiger partial charge in [0.2, 0.25) is 0 Å². The molecule has 0 heterocycles. The molecule has 4 amide bonds. The Morgan fingerprint density at radius 2 is 1.30 bits per heavy atom. The molecule has 0 aliphatic heterocycles. The summed E-state index contributed by atoms with van der Waals surface area (Å²) in [6.07, 6.45) is 0.997. The molecule has 0 aliphatic carbocycles. The monoisotopic (exact) mass is 350 g/mol. The smallest absolute Gasteiger partial charge is 0.308 e. The molecular formula is C15H12Cl2N4O2. The van der Waals surface area contributed by atoms with Crippen molar-refractivity contribution in [1.29, 1.82) is 0 Å². The van der Waals surface area contributed by atoms with E-state index in [1.165, 1.54) is 0 Å². The summed E-state index contributed by atoms with van der Waals surface area (Å²) in [6.45, 7) is 0. The van der Waals surface area contributed by atoms with Crippen molar-refractivity contribution >= 4 is 53.0 Å². The Hall–Kier alpha value is -2.57. The number of benzene rings is 2. The second-order valence-corrected chi connectivity index (χ2v) is 5.17. The molecule has 0 atom stereocenters. The average Bonchev–Trinajstić information content (AvgIpc) is 2.52. The fraction of sp³-hybridized carbons (Fsp3) is 0. The lowest BCUT2D eigenvalue weighted by Crippen LogP contribution is -2.28. The number of urea groups is 2. The summed E-state index contributed by atoms with van der Waals surface area (Å²) in [5.74, 6) is 0. The van der Waals surface area contributed by atoms with Crippen LogP contribution in [0.2, 0.25) is 10.0 Å². The van der Waals surface area contributed by atoms with Crippen molar-refractivity contribution in [2.24, 2.45) is 4.99 Å². The minimum Gasteiger partial charge on any atom is -0.308 e. The van der Waals surface area contributed by atoms with Gasteiger partial charge < -0.3 is 10.6 Å². The third-order valence-corrected chi connectivity index (χ3v) is 3.08. The number of hydrogen-bond acceptors (Lipinski definition) is 2. The maximum absolute atomic E-state index is 11.6. The van der Waals surface area contributed by atoms with Crippen LogP contribution >= 0.6 is 23.2 Å². The number of anilines is 2. The molecule has 0 saturated heterocycles. The van der Waals surface area contributed by atoms with E-state index in [1.54, 1.807) is 48.5 Å². The molecule has 6 nitrogen and oxygen atoms in total. The molecule has 2 rings (SSSR count). The van der Waals surface area contributed by atoms with Crippen molar-refractivity contribution in [3.63, 3.8) is 0 Å². The molecule has 2 aromatic carbocycles. The van der Waals surface area contributed by atoms with Crippen LogP contribution in [0.5, 0.6) is 0 Å². The van der Waals surface area contributed by atoms with E-state index in [9.17, 15) is 9.59 Å². The number of aliphatic imine (C=N–C) groups is 1. The molecule has 3 N–H and O–H groups in total. The molecule has 0 aliphatic rings. The Labute approximate surface area is 142 Å². The molecule has 118 valence electrons. The van der Waals surface area contributed by atoms with Gasteiger partial charge in [0.05, 0.1) is 0 Å². The quantitative estimate of drug-likeness (QED) is 0.567. The fourth-order valence-electron chi connectivity index (χ4n) is 1.54. The predicted octanol–water partition coefficient (Wildman–Crippen LogP) is 4.38. The number of amides is 4. The standard InChI is InChI=1S/C15H12Cl2N4O2/c16-10-1-5-12(6-2-10)20-14(22)18-9-19-15(23)21-13-7-3-11(17)4-8-13/h1-9H,(H3,18,19,20,21,22,23). The van der Waals surface area contributed by atoms with Crippen LogP contribution in [-0.4, -0.2) is 18.4 Å². The second kappa shape index (κ2) is 8.17. The summed E-state index contributed by atoms with van der Waals surface area (Å²) >= 11 is 11.5. The van der Waals surface area contributed by atoms with Crippen molar-refractivity contribution < 1.29 is 9.59 Å². The number of nitrogens with zero attached hydrogens (tertiary/aromatic N) is 1.